The third-order valence-electron chi connectivity index (χ3n) is 6.16. The molecule has 1 aromatic carbocycles. The number of allylic oxidation sites excluding steroid dienone is 2. The number of carbonyl (C=O) groups is 1. The molecule has 5 rings (SSSR count). The number of nitrogens with zero attached hydrogens (tertiary/aromatic N) is 2. The Hall–Kier alpha value is -1.77. The summed E-state index contributed by atoms with van der Waals surface area (Å²) in [4.78, 5) is 17.4. The Morgan fingerprint density at radius 2 is 1.96 bits per heavy atom. The minimum Gasteiger partial charge on any atom is -0.302 e. The molecule has 1 aromatic heterocycles. The van der Waals surface area contributed by atoms with Crippen LogP contribution in [0.3, 0.4) is 0 Å². The summed E-state index contributed by atoms with van der Waals surface area (Å²) in [5.41, 5.74) is 0.714. The van der Waals surface area contributed by atoms with Gasteiger partial charge in [0, 0.05) is 19.0 Å². The summed E-state index contributed by atoms with van der Waals surface area (Å²) in [6.07, 6.45) is 9.28. The van der Waals surface area contributed by atoms with Gasteiger partial charge < -0.3 is 5.32 Å². The highest BCUT2D eigenvalue weighted by Gasteiger charge is 2.40. The molecule has 1 amide bonds. The quantitative estimate of drug-likeness (QED) is 0.771. The van der Waals surface area contributed by atoms with Crippen molar-refractivity contribution in [3.8, 4) is 0 Å². The Balaban J connectivity index is 1.36. The Kier molecular flexibility index (Phi) is 4.52. The molecular formula is C20H23N3O3S2. The van der Waals surface area contributed by atoms with Gasteiger partial charge in [-0.3, -0.25) is 4.79 Å². The van der Waals surface area contributed by atoms with Gasteiger partial charge in [-0.15, -0.1) is 0 Å². The van der Waals surface area contributed by atoms with Crippen LogP contribution in [-0.2, 0) is 14.8 Å². The van der Waals surface area contributed by atoms with Gasteiger partial charge in [-0.2, -0.15) is 4.31 Å². The number of sulfonamides is 1. The average molecular weight is 418 g/mol. The monoisotopic (exact) mass is 417 g/mol. The Bertz CT molecular complexity index is 1050. The zero-order chi connectivity index (χ0) is 19.3. The molecule has 28 heavy (non-hydrogen) atoms. The van der Waals surface area contributed by atoms with Crippen LogP contribution in [0.2, 0.25) is 0 Å². The van der Waals surface area contributed by atoms with Crippen LogP contribution in [0.5, 0.6) is 0 Å². The second kappa shape index (κ2) is 6.93. The van der Waals surface area contributed by atoms with Crippen molar-refractivity contribution >= 4 is 42.6 Å². The SMILES string of the molecule is O=C(Nc1nc2ccc(S(=O)(=O)N3CCCCC3)cc2s1)[C@@H]1C[C@H]2C=C[C@@H]1C2. The van der Waals surface area contributed by atoms with E-state index >= 15 is 0 Å². The van der Waals surface area contributed by atoms with E-state index in [1.54, 1.807) is 22.5 Å². The van der Waals surface area contributed by atoms with Crippen LogP contribution >= 0.6 is 11.3 Å². The highest BCUT2D eigenvalue weighted by Crippen LogP contribution is 2.44. The fourth-order valence-electron chi connectivity index (χ4n) is 4.65. The summed E-state index contributed by atoms with van der Waals surface area (Å²) < 4.78 is 28.1. The third-order valence-corrected chi connectivity index (χ3v) is 8.99. The van der Waals surface area contributed by atoms with Crippen LogP contribution in [0.1, 0.15) is 32.1 Å². The van der Waals surface area contributed by atoms with E-state index in [0.717, 1.165) is 36.8 Å². The molecule has 1 aliphatic heterocycles. The first-order valence-electron chi connectivity index (χ1n) is 9.91. The summed E-state index contributed by atoms with van der Waals surface area (Å²) in [5, 5.41) is 3.50. The van der Waals surface area contributed by atoms with Crippen molar-refractivity contribution < 1.29 is 13.2 Å². The van der Waals surface area contributed by atoms with E-state index < -0.39 is 10.0 Å². The second-order valence-corrected chi connectivity index (χ2v) is 11.0. The molecule has 8 heteroatoms. The molecule has 2 heterocycles. The molecule has 3 atom stereocenters. The maximum atomic E-state index is 12.9. The topological polar surface area (TPSA) is 79.4 Å². The number of anilines is 1. The van der Waals surface area contributed by atoms with Gasteiger partial charge in [-0.05, 0) is 55.7 Å². The van der Waals surface area contributed by atoms with E-state index in [1.807, 2.05) is 0 Å². The fraction of sp³-hybridized carbons (Fsp3) is 0.500. The number of hydrogen-bond donors (Lipinski definition) is 1. The number of thiazole rings is 1. The standard InChI is InChI=1S/C20H23N3O3S2/c24-19(16-11-13-4-5-14(16)10-13)22-20-21-17-7-6-15(12-18(17)27-20)28(25,26)23-8-2-1-3-9-23/h4-7,12-14,16H,1-3,8-11H2,(H,21,22,24)/t13-,14+,16+/m0/s1. The van der Waals surface area contributed by atoms with Gasteiger partial charge in [0.15, 0.2) is 5.13 Å². The van der Waals surface area contributed by atoms with Crippen molar-refractivity contribution in [1.82, 2.24) is 9.29 Å². The van der Waals surface area contributed by atoms with Crippen molar-refractivity contribution in [3.63, 3.8) is 0 Å². The van der Waals surface area contributed by atoms with Gasteiger partial charge in [-0.25, -0.2) is 13.4 Å². The first-order chi connectivity index (χ1) is 13.5. The normalized spacial score (nSPS) is 27.5. The molecular weight excluding hydrogens is 394 g/mol. The largest absolute Gasteiger partial charge is 0.302 e. The van der Waals surface area contributed by atoms with Crippen molar-refractivity contribution in [3.05, 3.63) is 30.4 Å². The van der Waals surface area contributed by atoms with Crippen molar-refractivity contribution in [2.75, 3.05) is 18.4 Å². The highest BCUT2D eigenvalue weighted by atomic mass is 32.2. The van der Waals surface area contributed by atoms with Gasteiger partial charge in [0.25, 0.3) is 0 Å². The Labute approximate surface area is 168 Å². The molecule has 6 nitrogen and oxygen atoms in total. The average Bonchev–Trinajstić information content (AvgIpc) is 3.43. The number of hydrogen-bond acceptors (Lipinski definition) is 5. The van der Waals surface area contributed by atoms with E-state index in [-0.39, 0.29) is 11.8 Å². The van der Waals surface area contributed by atoms with Gasteiger partial charge in [0.1, 0.15) is 0 Å². The smallest absolute Gasteiger partial charge is 0.243 e. The van der Waals surface area contributed by atoms with Crippen LogP contribution < -0.4 is 5.32 Å². The van der Waals surface area contributed by atoms with Crippen molar-refractivity contribution in [2.45, 2.75) is 37.0 Å². The van der Waals surface area contributed by atoms with Gasteiger partial charge in [-0.1, -0.05) is 29.9 Å². The molecule has 1 saturated heterocycles. The lowest BCUT2D eigenvalue weighted by molar-refractivity contribution is -0.120. The summed E-state index contributed by atoms with van der Waals surface area (Å²) in [7, 11) is -3.47. The minimum absolute atomic E-state index is 0.0250. The molecule has 3 aliphatic rings. The Morgan fingerprint density at radius 1 is 1.14 bits per heavy atom. The van der Waals surface area contributed by atoms with Gasteiger partial charge in [0.2, 0.25) is 15.9 Å². The molecule has 0 radical (unpaired) electrons. The minimum atomic E-state index is -3.47. The second-order valence-electron chi connectivity index (χ2n) is 7.99. The summed E-state index contributed by atoms with van der Waals surface area (Å²) in [6.45, 7) is 1.17. The molecule has 1 saturated carbocycles. The van der Waals surface area contributed by atoms with Crippen LogP contribution in [0, 0.1) is 17.8 Å². The number of fused-ring (bicyclic) bond motifs is 3. The van der Waals surface area contributed by atoms with Gasteiger partial charge in [0.05, 0.1) is 15.1 Å². The summed E-state index contributed by atoms with van der Waals surface area (Å²) >= 11 is 1.34. The van der Waals surface area contributed by atoms with E-state index in [1.165, 1.54) is 11.3 Å². The highest BCUT2D eigenvalue weighted by molar-refractivity contribution is 7.89. The zero-order valence-corrected chi connectivity index (χ0v) is 17.1. The molecule has 0 unspecified atom stereocenters. The number of nitrogens with one attached hydrogen (secondary N) is 1. The molecule has 2 bridgehead atoms. The number of amides is 1. The van der Waals surface area contributed by atoms with Crippen molar-refractivity contribution in [1.29, 1.82) is 0 Å². The molecule has 148 valence electrons. The van der Waals surface area contributed by atoms with E-state index in [0.29, 0.717) is 40.5 Å². The summed E-state index contributed by atoms with van der Waals surface area (Å²) in [6, 6.07) is 5.05. The lowest BCUT2D eigenvalue weighted by Crippen LogP contribution is -2.35. The third kappa shape index (κ3) is 3.17. The lowest BCUT2D eigenvalue weighted by Gasteiger charge is -2.25. The summed E-state index contributed by atoms with van der Waals surface area (Å²) in [5.74, 6) is 0.938. The van der Waals surface area contributed by atoms with Crippen LogP contribution in [0.4, 0.5) is 5.13 Å². The van der Waals surface area contributed by atoms with Crippen molar-refractivity contribution in [2.24, 2.45) is 17.8 Å². The number of carbonyl (C=O) groups excluding carboxylic acids is 1. The molecule has 2 fully saturated rings. The van der Waals surface area contributed by atoms with E-state index in [2.05, 4.69) is 22.5 Å². The molecule has 1 N–H and O–H groups in total. The van der Waals surface area contributed by atoms with Crippen LogP contribution in [0.15, 0.2) is 35.2 Å². The van der Waals surface area contributed by atoms with Crippen LogP contribution in [-0.4, -0.2) is 36.7 Å². The maximum absolute atomic E-state index is 12.9. The van der Waals surface area contributed by atoms with Gasteiger partial charge >= 0.3 is 0 Å². The first-order valence-corrected chi connectivity index (χ1v) is 12.2. The number of benzene rings is 1. The van der Waals surface area contributed by atoms with Crippen LogP contribution in [0.25, 0.3) is 10.2 Å². The predicted octanol–water partition coefficient (Wildman–Crippen LogP) is 3.62. The van der Waals surface area contributed by atoms with E-state index in [4.69, 9.17) is 0 Å². The molecule has 0 spiro atoms. The number of rotatable bonds is 4. The fourth-order valence-corrected chi connectivity index (χ4v) is 7.18. The zero-order valence-electron chi connectivity index (χ0n) is 15.5. The molecule has 2 aliphatic carbocycles. The number of aromatic nitrogens is 1. The molecule has 2 aromatic rings. The maximum Gasteiger partial charge on any atom is 0.243 e. The van der Waals surface area contributed by atoms with E-state index in [9.17, 15) is 13.2 Å². The first kappa shape index (κ1) is 18.3. The Morgan fingerprint density at radius 3 is 2.68 bits per heavy atom. The lowest BCUT2D eigenvalue weighted by atomic mass is 9.93. The number of piperidine rings is 1. The predicted molar refractivity (Wildman–Crippen MR) is 110 cm³/mol.